The van der Waals surface area contributed by atoms with Crippen molar-refractivity contribution in [1.29, 1.82) is 0 Å². The van der Waals surface area contributed by atoms with Crippen LogP contribution >= 0.6 is 0 Å². The molecule has 2 unspecified atom stereocenters. The number of piperidine rings is 1. The van der Waals surface area contributed by atoms with Crippen LogP contribution in [0.1, 0.15) is 19.3 Å². The van der Waals surface area contributed by atoms with Gasteiger partial charge >= 0.3 is 6.09 Å². The normalized spacial score (nSPS) is 31.2. The molecule has 2 fully saturated rings. The summed E-state index contributed by atoms with van der Waals surface area (Å²) < 4.78 is 5.12. The fourth-order valence-corrected chi connectivity index (χ4v) is 2.56. The summed E-state index contributed by atoms with van der Waals surface area (Å²) in [5.41, 5.74) is 0. The largest absolute Gasteiger partial charge is 0.443 e. The molecule has 2 saturated heterocycles. The average molecular weight is 228 g/mol. The third-order valence-electron chi connectivity index (χ3n) is 3.35. The molecular formula is C11H20N2O3. The first-order valence-electron chi connectivity index (χ1n) is 6.05. The third-order valence-corrected chi connectivity index (χ3v) is 3.35. The summed E-state index contributed by atoms with van der Waals surface area (Å²) in [6.07, 6.45) is 2.98. The van der Waals surface area contributed by atoms with Crippen molar-refractivity contribution < 1.29 is 14.6 Å². The number of hydrogen-bond acceptors (Lipinski definition) is 4. The van der Waals surface area contributed by atoms with Crippen LogP contribution in [0.4, 0.5) is 4.79 Å². The molecule has 0 aliphatic carbocycles. The topological polar surface area (TPSA) is 61.8 Å². The maximum Gasteiger partial charge on any atom is 0.407 e. The lowest BCUT2D eigenvalue weighted by molar-refractivity contribution is 0.0821. The van der Waals surface area contributed by atoms with Gasteiger partial charge in [-0.25, -0.2) is 4.79 Å². The highest BCUT2D eigenvalue weighted by Gasteiger charge is 2.27. The molecule has 2 N–H and O–H groups in total. The SMILES string of the molecule is O=C1NCC(CN2CCCC(CCO)C2)O1. The van der Waals surface area contributed by atoms with Crippen molar-refractivity contribution in [3.63, 3.8) is 0 Å². The minimum atomic E-state index is -0.297. The Morgan fingerprint density at radius 2 is 2.44 bits per heavy atom. The predicted molar refractivity (Wildman–Crippen MR) is 59.1 cm³/mol. The number of hydrogen-bond donors (Lipinski definition) is 2. The Bertz CT molecular complexity index is 245. The second-order valence-corrected chi connectivity index (χ2v) is 4.69. The van der Waals surface area contributed by atoms with Gasteiger partial charge in [0.2, 0.25) is 0 Å². The zero-order chi connectivity index (χ0) is 11.4. The van der Waals surface area contributed by atoms with E-state index in [9.17, 15) is 4.79 Å². The smallest absolute Gasteiger partial charge is 0.407 e. The molecule has 2 aliphatic heterocycles. The molecule has 0 radical (unpaired) electrons. The molecule has 16 heavy (non-hydrogen) atoms. The Hall–Kier alpha value is -0.810. The Kier molecular flexibility index (Phi) is 4.01. The summed E-state index contributed by atoms with van der Waals surface area (Å²) in [5, 5.41) is 11.6. The molecular weight excluding hydrogens is 208 g/mol. The van der Waals surface area contributed by atoms with Gasteiger partial charge in [-0.1, -0.05) is 0 Å². The first kappa shape index (κ1) is 11.7. The summed E-state index contributed by atoms with van der Waals surface area (Å²) >= 11 is 0. The molecule has 5 heteroatoms. The van der Waals surface area contributed by atoms with Gasteiger partial charge in [0.05, 0.1) is 6.54 Å². The standard InChI is InChI=1S/C11H20N2O3/c14-5-3-9-2-1-4-13(7-9)8-10-6-12-11(15)16-10/h9-10,14H,1-8H2,(H,12,15). The summed E-state index contributed by atoms with van der Waals surface area (Å²) in [4.78, 5) is 13.2. The van der Waals surface area contributed by atoms with E-state index in [-0.39, 0.29) is 18.8 Å². The number of nitrogens with zero attached hydrogens (tertiary/aromatic N) is 1. The van der Waals surface area contributed by atoms with E-state index in [1.807, 2.05) is 0 Å². The van der Waals surface area contributed by atoms with Gasteiger partial charge in [-0.15, -0.1) is 0 Å². The maximum absolute atomic E-state index is 10.9. The van der Waals surface area contributed by atoms with Gasteiger partial charge in [-0.3, -0.25) is 4.90 Å². The van der Waals surface area contributed by atoms with Crippen molar-refractivity contribution in [2.24, 2.45) is 5.92 Å². The first-order chi connectivity index (χ1) is 7.78. The fraction of sp³-hybridized carbons (Fsp3) is 0.909. The van der Waals surface area contributed by atoms with Crippen molar-refractivity contribution >= 4 is 6.09 Å². The van der Waals surface area contributed by atoms with Crippen LogP contribution in [-0.2, 0) is 4.74 Å². The van der Waals surface area contributed by atoms with Gasteiger partial charge in [0.15, 0.2) is 0 Å². The van der Waals surface area contributed by atoms with E-state index in [0.717, 1.165) is 26.1 Å². The number of likely N-dealkylation sites (tertiary alicyclic amines) is 1. The molecule has 0 aromatic carbocycles. The summed E-state index contributed by atoms with van der Waals surface area (Å²) in [7, 11) is 0. The number of carbonyl (C=O) groups is 1. The van der Waals surface area contributed by atoms with Gasteiger partial charge in [0.25, 0.3) is 0 Å². The van der Waals surface area contributed by atoms with Gasteiger partial charge < -0.3 is 15.2 Å². The molecule has 0 aromatic heterocycles. The zero-order valence-corrected chi connectivity index (χ0v) is 9.52. The van der Waals surface area contributed by atoms with Crippen molar-refractivity contribution in [2.75, 3.05) is 32.8 Å². The number of rotatable bonds is 4. The lowest BCUT2D eigenvalue weighted by Gasteiger charge is -2.33. The Labute approximate surface area is 95.8 Å². The van der Waals surface area contributed by atoms with Gasteiger partial charge in [0, 0.05) is 19.7 Å². The molecule has 2 heterocycles. The van der Waals surface area contributed by atoms with Crippen LogP contribution in [0.15, 0.2) is 0 Å². The Morgan fingerprint density at radius 3 is 3.12 bits per heavy atom. The number of carbonyl (C=O) groups excluding carboxylic acids is 1. The van der Waals surface area contributed by atoms with Crippen LogP contribution in [0.2, 0.25) is 0 Å². The van der Waals surface area contributed by atoms with Crippen LogP contribution in [0, 0.1) is 5.92 Å². The van der Waals surface area contributed by atoms with E-state index in [0.29, 0.717) is 12.5 Å². The molecule has 92 valence electrons. The van der Waals surface area contributed by atoms with E-state index < -0.39 is 0 Å². The third kappa shape index (κ3) is 3.09. The Balaban J connectivity index is 1.74. The first-order valence-corrected chi connectivity index (χ1v) is 6.05. The minimum Gasteiger partial charge on any atom is -0.443 e. The number of alkyl carbamates (subject to hydrolysis) is 1. The summed E-state index contributed by atoms with van der Waals surface area (Å²) in [5.74, 6) is 0.601. The number of nitrogens with one attached hydrogen (secondary N) is 1. The van der Waals surface area contributed by atoms with Crippen LogP contribution in [0.5, 0.6) is 0 Å². The highest BCUT2D eigenvalue weighted by atomic mass is 16.6. The molecule has 1 amide bonds. The highest BCUT2D eigenvalue weighted by Crippen LogP contribution is 2.19. The molecule has 0 bridgehead atoms. The lowest BCUT2D eigenvalue weighted by Crippen LogP contribution is -2.41. The van der Waals surface area contributed by atoms with E-state index in [1.54, 1.807) is 0 Å². The number of amides is 1. The van der Waals surface area contributed by atoms with Gasteiger partial charge in [0.1, 0.15) is 6.10 Å². The molecule has 0 spiro atoms. The quantitative estimate of drug-likeness (QED) is 0.721. The summed E-state index contributed by atoms with van der Waals surface area (Å²) in [6, 6.07) is 0. The van der Waals surface area contributed by atoms with Crippen molar-refractivity contribution in [2.45, 2.75) is 25.4 Å². The van der Waals surface area contributed by atoms with Crippen molar-refractivity contribution in [3.8, 4) is 0 Å². The lowest BCUT2D eigenvalue weighted by atomic mass is 9.95. The van der Waals surface area contributed by atoms with Crippen LogP contribution in [0.25, 0.3) is 0 Å². The monoisotopic (exact) mass is 228 g/mol. The van der Waals surface area contributed by atoms with Gasteiger partial charge in [-0.2, -0.15) is 0 Å². The average Bonchev–Trinajstić information content (AvgIpc) is 2.65. The molecule has 2 aliphatic rings. The molecule has 2 atom stereocenters. The number of aliphatic hydroxyl groups excluding tert-OH is 1. The molecule has 2 rings (SSSR count). The second kappa shape index (κ2) is 5.50. The predicted octanol–water partition coefficient (Wildman–Crippen LogP) is 0.189. The summed E-state index contributed by atoms with van der Waals surface area (Å²) in [6.45, 7) is 3.82. The van der Waals surface area contributed by atoms with Crippen LogP contribution in [-0.4, -0.2) is 55.0 Å². The maximum atomic E-state index is 10.9. The second-order valence-electron chi connectivity index (χ2n) is 4.69. The minimum absolute atomic E-state index is 0.000349. The van der Waals surface area contributed by atoms with Gasteiger partial charge in [-0.05, 0) is 31.7 Å². The Morgan fingerprint density at radius 1 is 1.56 bits per heavy atom. The fourth-order valence-electron chi connectivity index (χ4n) is 2.56. The van der Waals surface area contributed by atoms with Crippen molar-refractivity contribution in [1.82, 2.24) is 10.2 Å². The van der Waals surface area contributed by atoms with E-state index in [1.165, 1.54) is 12.8 Å². The molecule has 0 saturated carbocycles. The molecule has 5 nitrogen and oxygen atoms in total. The highest BCUT2D eigenvalue weighted by molar-refractivity contribution is 5.69. The van der Waals surface area contributed by atoms with Crippen LogP contribution < -0.4 is 5.32 Å². The number of cyclic esters (lactones) is 1. The molecule has 0 aromatic rings. The number of aliphatic hydroxyl groups is 1. The number of ether oxygens (including phenoxy) is 1. The van der Waals surface area contributed by atoms with E-state index in [4.69, 9.17) is 9.84 Å². The zero-order valence-electron chi connectivity index (χ0n) is 9.52. The van der Waals surface area contributed by atoms with E-state index in [2.05, 4.69) is 10.2 Å². The van der Waals surface area contributed by atoms with Crippen molar-refractivity contribution in [3.05, 3.63) is 0 Å². The van der Waals surface area contributed by atoms with Crippen LogP contribution in [0.3, 0.4) is 0 Å². The van der Waals surface area contributed by atoms with E-state index >= 15 is 0 Å².